The lowest BCUT2D eigenvalue weighted by Gasteiger charge is -2.25. The summed E-state index contributed by atoms with van der Waals surface area (Å²) in [5.74, 6) is 2.27. The van der Waals surface area contributed by atoms with Crippen molar-refractivity contribution < 1.29 is 19.0 Å². The molecule has 0 radical (unpaired) electrons. The van der Waals surface area contributed by atoms with Crippen LogP contribution >= 0.6 is 0 Å². The highest BCUT2D eigenvalue weighted by Gasteiger charge is 2.26. The van der Waals surface area contributed by atoms with E-state index in [2.05, 4.69) is 5.32 Å². The molecule has 5 heteroatoms. The highest BCUT2D eigenvalue weighted by molar-refractivity contribution is 5.84. The molecule has 0 fully saturated rings. The maximum absolute atomic E-state index is 13.5. The molecule has 35 heavy (non-hydrogen) atoms. The van der Waals surface area contributed by atoms with Crippen LogP contribution in [0.4, 0.5) is 0 Å². The van der Waals surface area contributed by atoms with Crippen molar-refractivity contribution in [2.24, 2.45) is 0 Å². The summed E-state index contributed by atoms with van der Waals surface area (Å²) in [4.78, 5) is 13.5. The van der Waals surface area contributed by atoms with Gasteiger partial charge in [-0.15, -0.1) is 0 Å². The predicted molar refractivity (Wildman–Crippen MR) is 137 cm³/mol. The Bertz CT molecular complexity index is 1220. The number of benzene rings is 4. The molecule has 5 nitrogen and oxygen atoms in total. The molecule has 0 unspecified atom stereocenters. The zero-order chi connectivity index (χ0) is 24.6. The van der Waals surface area contributed by atoms with E-state index in [9.17, 15) is 4.79 Å². The first kappa shape index (κ1) is 23.9. The fourth-order valence-electron chi connectivity index (χ4n) is 4.02. The molecule has 0 saturated carbocycles. The Morgan fingerprint density at radius 2 is 1.23 bits per heavy atom. The molecule has 0 aromatic heterocycles. The molecule has 1 amide bonds. The highest BCUT2D eigenvalue weighted by Crippen LogP contribution is 2.35. The Hall–Kier alpha value is -4.25. The van der Waals surface area contributed by atoms with Crippen LogP contribution in [-0.2, 0) is 4.79 Å². The average Bonchev–Trinajstić information content (AvgIpc) is 2.92. The summed E-state index contributed by atoms with van der Waals surface area (Å²) in [6.45, 7) is 1.89. The molecule has 4 rings (SSSR count). The van der Waals surface area contributed by atoms with E-state index >= 15 is 0 Å². The van der Waals surface area contributed by atoms with Crippen molar-refractivity contribution in [2.75, 3.05) is 14.2 Å². The van der Waals surface area contributed by atoms with E-state index in [1.165, 1.54) is 0 Å². The van der Waals surface area contributed by atoms with Gasteiger partial charge in [0, 0.05) is 11.1 Å². The number of hydrogen-bond donors (Lipinski definition) is 1. The fraction of sp³-hybridized carbons (Fsp3) is 0.167. The Kier molecular flexibility index (Phi) is 7.68. The lowest BCUT2D eigenvalue weighted by atomic mass is 9.94. The Morgan fingerprint density at radius 3 is 1.83 bits per heavy atom. The van der Waals surface area contributed by atoms with Gasteiger partial charge in [0.25, 0.3) is 0 Å². The van der Waals surface area contributed by atoms with Crippen LogP contribution < -0.4 is 19.5 Å². The first-order valence-corrected chi connectivity index (χ1v) is 11.5. The van der Waals surface area contributed by atoms with Crippen molar-refractivity contribution in [1.82, 2.24) is 5.32 Å². The molecule has 0 aliphatic heterocycles. The van der Waals surface area contributed by atoms with E-state index in [0.29, 0.717) is 17.2 Å². The van der Waals surface area contributed by atoms with Gasteiger partial charge in [0.15, 0.2) is 0 Å². The molecule has 4 aromatic carbocycles. The summed E-state index contributed by atoms with van der Waals surface area (Å²) in [5, 5.41) is 3.23. The standard InChI is InChI=1S/C30H29NO4/c1-21(22-12-11-15-24(20-22)35-23-13-5-4-6-14-23)30(32)31-29(25-16-7-9-18-27(25)33-2)26-17-8-10-19-28(26)34-3/h4-21,29H,1-3H3,(H,31,32)/t21-/m1/s1. The number of nitrogens with one attached hydrogen (secondary N) is 1. The van der Waals surface area contributed by atoms with Gasteiger partial charge >= 0.3 is 0 Å². The fourth-order valence-corrected chi connectivity index (χ4v) is 4.02. The van der Waals surface area contributed by atoms with Crippen LogP contribution in [0.3, 0.4) is 0 Å². The zero-order valence-corrected chi connectivity index (χ0v) is 20.1. The maximum Gasteiger partial charge on any atom is 0.228 e. The topological polar surface area (TPSA) is 56.8 Å². The molecule has 0 bridgehead atoms. The minimum atomic E-state index is -0.457. The van der Waals surface area contributed by atoms with Crippen molar-refractivity contribution in [1.29, 1.82) is 0 Å². The zero-order valence-electron chi connectivity index (χ0n) is 20.1. The number of carbonyl (C=O) groups excluding carboxylic acids is 1. The van der Waals surface area contributed by atoms with Crippen molar-refractivity contribution in [3.8, 4) is 23.0 Å². The summed E-state index contributed by atoms with van der Waals surface area (Å²) < 4.78 is 17.2. The molecule has 4 aromatic rings. The molecule has 1 N–H and O–H groups in total. The van der Waals surface area contributed by atoms with Gasteiger partial charge in [0.05, 0.1) is 26.2 Å². The molecule has 0 heterocycles. The second-order valence-electron chi connectivity index (χ2n) is 8.13. The molecule has 0 aliphatic carbocycles. The van der Waals surface area contributed by atoms with Crippen LogP contribution in [0.2, 0.25) is 0 Å². The number of amides is 1. The SMILES string of the molecule is COc1ccccc1C(NC(=O)[C@H](C)c1cccc(Oc2ccccc2)c1)c1ccccc1OC. The van der Waals surface area contributed by atoms with E-state index in [0.717, 1.165) is 22.4 Å². The van der Waals surface area contributed by atoms with Crippen LogP contribution in [-0.4, -0.2) is 20.1 Å². The smallest absolute Gasteiger partial charge is 0.228 e. The average molecular weight is 468 g/mol. The maximum atomic E-state index is 13.5. The predicted octanol–water partition coefficient (Wildman–Crippen LogP) is 6.51. The first-order valence-electron chi connectivity index (χ1n) is 11.5. The number of carbonyl (C=O) groups is 1. The number of rotatable bonds is 9. The van der Waals surface area contributed by atoms with E-state index in [1.807, 2.05) is 110 Å². The lowest BCUT2D eigenvalue weighted by Crippen LogP contribution is -2.33. The van der Waals surface area contributed by atoms with Gasteiger partial charge in [-0.05, 0) is 48.9 Å². The second-order valence-corrected chi connectivity index (χ2v) is 8.13. The molecule has 178 valence electrons. The van der Waals surface area contributed by atoms with Crippen molar-refractivity contribution in [3.05, 3.63) is 120 Å². The van der Waals surface area contributed by atoms with Crippen LogP contribution in [0.15, 0.2) is 103 Å². The number of para-hydroxylation sites is 3. The largest absolute Gasteiger partial charge is 0.496 e. The van der Waals surface area contributed by atoms with Gasteiger partial charge in [-0.25, -0.2) is 0 Å². The van der Waals surface area contributed by atoms with Crippen LogP contribution in [0.5, 0.6) is 23.0 Å². The summed E-state index contributed by atoms with van der Waals surface area (Å²) in [6.07, 6.45) is 0. The third-order valence-electron chi connectivity index (χ3n) is 5.92. The van der Waals surface area contributed by atoms with E-state index in [1.54, 1.807) is 14.2 Å². The summed E-state index contributed by atoms with van der Waals surface area (Å²) in [7, 11) is 3.25. The second kappa shape index (κ2) is 11.3. The molecule has 0 spiro atoms. The lowest BCUT2D eigenvalue weighted by molar-refractivity contribution is -0.122. The van der Waals surface area contributed by atoms with E-state index in [-0.39, 0.29) is 5.91 Å². The normalized spacial score (nSPS) is 11.5. The Labute approximate surface area is 206 Å². The quantitative estimate of drug-likeness (QED) is 0.305. The molecule has 0 saturated heterocycles. The van der Waals surface area contributed by atoms with Crippen molar-refractivity contribution >= 4 is 5.91 Å². The van der Waals surface area contributed by atoms with Gasteiger partial charge in [-0.2, -0.15) is 0 Å². The number of ether oxygens (including phenoxy) is 3. The Morgan fingerprint density at radius 1 is 0.686 bits per heavy atom. The molecular formula is C30H29NO4. The van der Waals surface area contributed by atoms with Crippen molar-refractivity contribution in [2.45, 2.75) is 18.9 Å². The van der Waals surface area contributed by atoms with Gasteiger partial charge in [0.2, 0.25) is 5.91 Å². The van der Waals surface area contributed by atoms with E-state index in [4.69, 9.17) is 14.2 Å². The minimum absolute atomic E-state index is 0.122. The highest BCUT2D eigenvalue weighted by atomic mass is 16.5. The third kappa shape index (κ3) is 5.64. The molecular weight excluding hydrogens is 438 g/mol. The molecule has 0 aliphatic rings. The Balaban J connectivity index is 1.62. The van der Waals surface area contributed by atoms with E-state index < -0.39 is 12.0 Å². The number of hydrogen-bond acceptors (Lipinski definition) is 4. The van der Waals surface area contributed by atoms with Crippen LogP contribution in [0.25, 0.3) is 0 Å². The molecule has 1 atom stereocenters. The van der Waals surface area contributed by atoms with Crippen LogP contribution in [0.1, 0.15) is 35.6 Å². The van der Waals surface area contributed by atoms with Gasteiger partial charge in [-0.3, -0.25) is 4.79 Å². The monoisotopic (exact) mass is 467 g/mol. The minimum Gasteiger partial charge on any atom is -0.496 e. The van der Waals surface area contributed by atoms with Crippen molar-refractivity contribution in [3.63, 3.8) is 0 Å². The first-order chi connectivity index (χ1) is 17.1. The van der Waals surface area contributed by atoms with Crippen LogP contribution in [0, 0.1) is 0 Å². The van der Waals surface area contributed by atoms with Gasteiger partial charge < -0.3 is 19.5 Å². The summed E-state index contributed by atoms with van der Waals surface area (Å²) in [5.41, 5.74) is 2.55. The summed E-state index contributed by atoms with van der Waals surface area (Å²) in [6, 6.07) is 32.1. The number of methoxy groups -OCH3 is 2. The summed E-state index contributed by atoms with van der Waals surface area (Å²) >= 11 is 0. The van der Waals surface area contributed by atoms with Gasteiger partial charge in [-0.1, -0.05) is 66.7 Å². The van der Waals surface area contributed by atoms with Gasteiger partial charge in [0.1, 0.15) is 23.0 Å². The third-order valence-corrected chi connectivity index (χ3v) is 5.92.